The molecule has 2 fully saturated rings. The summed E-state index contributed by atoms with van der Waals surface area (Å²) in [5.74, 6) is 3.55. The first-order valence-electron chi connectivity index (χ1n) is 11.9. The lowest BCUT2D eigenvalue weighted by Gasteiger charge is -2.35. The van der Waals surface area contributed by atoms with Crippen LogP contribution in [0.1, 0.15) is 24.2 Å². The monoisotopic (exact) mass is 461 g/mol. The van der Waals surface area contributed by atoms with E-state index in [-0.39, 0.29) is 18.4 Å². The quantitative estimate of drug-likeness (QED) is 0.388. The Kier molecular flexibility index (Phi) is 6.73. The minimum Gasteiger partial charge on any atom is -0.395 e. The lowest BCUT2D eigenvalue weighted by molar-refractivity contribution is -0.117. The van der Waals surface area contributed by atoms with Gasteiger partial charge in [0.2, 0.25) is 5.91 Å². The first-order chi connectivity index (χ1) is 16.7. The van der Waals surface area contributed by atoms with Crippen LogP contribution >= 0.6 is 0 Å². The van der Waals surface area contributed by atoms with Gasteiger partial charge in [0.25, 0.3) is 0 Å². The Hall–Kier alpha value is -3.43. The number of amides is 1. The van der Waals surface area contributed by atoms with Crippen molar-refractivity contribution in [1.29, 1.82) is 0 Å². The number of anilines is 4. The number of aromatic nitrogens is 3. The molecular formula is C25H31N7O2. The number of aliphatic hydroxyl groups excluding tert-OH is 1. The highest BCUT2D eigenvalue weighted by atomic mass is 16.3. The fraction of sp³-hybridized carbons (Fsp3) is 0.400. The van der Waals surface area contributed by atoms with Gasteiger partial charge in [0.1, 0.15) is 23.3 Å². The number of β-amino-alcohol motifs (C(OH)–C–C–N with tert-alkyl or cyclic N) is 1. The maximum atomic E-state index is 12.0. The van der Waals surface area contributed by atoms with Crippen molar-refractivity contribution >= 4 is 29.0 Å². The summed E-state index contributed by atoms with van der Waals surface area (Å²) in [5, 5.41) is 15.5. The maximum absolute atomic E-state index is 12.0. The zero-order valence-corrected chi connectivity index (χ0v) is 19.2. The largest absolute Gasteiger partial charge is 0.395 e. The Bertz CT molecular complexity index is 1090. The molecule has 0 bridgehead atoms. The Labute approximate surface area is 199 Å². The van der Waals surface area contributed by atoms with E-state index in [1.165, 1.54) is 0 Å². The molecule has 0 atom stereocenters. The predicted octanol–water partition coefficient (Wildman–Crippen LogP) is 2.60. The van der Waals surface area contributed by atoms with Gasteiger partial charge in [0.05, 0.1) is 6.61 Å². The normalized spacial score (nSPS) is 16.4. The number of benzene rings is 1. The number of aliphatic hydroxyl groups is 1. The highest BCUT2D eigenvalue weighted by Gasteiger charge is 2.29. The molecule has 3 aromatic rings. The second-order valence-corrected chi connectivity index (χ2v) is 8.93. The lowest BCUT2D eigenvalue weighted by Crippen LogP contribution is -2.47. The lowest BCUT2D eigenvalue weighted by atomic mass is 10.1. The highest BCUT2D eigenvalue weighted by molar-refractivity contribution is 5.94. The minimum atomic E-state index is 0.114. The summed E-state index contributed by atoms with van der Waals surface area (Å²) in [7, 11) is 0. The number of piperazine rings is 1. The van der Waals surface area contributed by atoms with E-state index in [0.29, 0.717) is 13.0 Å². The molecule has 2 aromatic heterocycles. The van der Waals surface area contributed by atoms with Crippen molar-refractivity contribution in [2.45, 2.75) is 19.3 Å². The molecule has 9 heteroatoms. The zero-order valence-electron chi connectivity index (χ0n) is 19.2. The molecular weight excluding hydrogens is 430 g/mol. The van der Waals surface area contributed by atoms with Crippen molar-refractivity contribution in [3.8, 4) is 0 Å². The second kappa shape index (κ2) is 10.2. The van der Waals surface area contributed by atoms with E-state index in [1.807, 2.05) is 48.7 Å². The minimum absolute atomic E-state index is 0.114. The number of nitrogens with zero attached hydrogens (tertiary/aromatic N) is 4. The molecule has 34 heavy (non-hydrogen) atoms. The van der Waals surface area contributed by atoms with Crippen molar-refractivity contribution in [3.63, 3.8) is 0 Å². The standard InChI is InChI=1S/C25H31N7O2/c33-15-14-31-10-12-32(13-11-31)24-17-23(28-21-2-1-9-26-21)29-22(30-24)16-18-3-7-20(8-4-18)27-25(34)19-5-6-19/h1-4,7-9,17,19,26,33H,5-6,10-16H2,(H,27,34)(H,28,29,30). The van der Waals surface area contributed by atoms with Crippen LogP contribution < -0.4 is 15.5 Å². The van der Waals surface area contributed by atoms with Gasteiger partial charge < -0.3 is 25.6 Å². The van der Waals surface area contributed by atoms with Crippen molar-refractivity contribution < 1.29 is 9.90 Å². The number of rotatable bonds is 9. The first-order valence-corrected chi connectivity index (χ1v) is 11.9. The molecule has 1 aromatic carbocycles. The number of H-pyrrole nitrogens is 1. The van der Waals surface area contributed by atoms with Gasteiger partial charge in [0.15, 0.2) is 0 Å². The molecule has 1 amide bonds. The summed E-state index contributed by atoms with van der Waals surface area (Å²) in [6, 6.07) is 13.8. The van der Waals surface area contributed by atoms with E-state index in [0.717, 1.165) is 73.5 Å². The van der Waals surface area contributed by atoms with E-state index in [9.17, 15) is 9.90 Å². The molecule has 5 rings (SSSR count). The zero-order chi connectivity index (χ0) is 23.3. The second-order valence-electron chi connectivity index (χ2n) is 8.93. The van der Waals surface area contributed by atoms with Crippen LogP contribution in [-0.2, 0) is 11.2 Å². The molecule has 3 heterocycles. The molecule has 2 aliphatic rings. The molecule has 1 aliphatic heterocycles. The summed E-state index contributed by atoms with van der Waals surface area (Å²) in [4.78, 5) is 29.3. The number of aromatic amines is 1. The Balaban J connectivity index is 1.32. The number of nitrogens with one attached hydrogen (secondary N) is 3. The number of carbonyl (C=O) groups excluding carboxylic acids is 1. The SMILES string of the molecule is O=C(Nc1ccc(Cc2nc(Nc3ccc[nH]3)cc(N3CCN(CCO)CC3)n2)cc1)C1CC1. The topological polar surface area (TPSA) is 109 Å². The van der Waals surface area contributed by atoms with Gasteiger partial charge in [-0.15, -0.1) is 0 Å². The van der Waals surface area contributed by atoms with Gasteiger partial charge in [-0.05, 0) is 42.7 Å². The summed E-state index contributed by atoms with van der Waals surface area (Å²) in [5.41, 5.74) is 1.91. The smallest absolute Gasteiger partial charge is 0.227 e. The Morgan fingerprint density at radius 1 is 1.09 bits per heavy atom. The number of carbonyl (C=O) groups is 1. The van der Waals surface area contributed by atoms with Crippen molar-refractivity contribution in [2.75, 3.05) is 54.9 Å². The van der Waals surface area contributed by atoms with Gasteiger partial charge in [-0.1, -0.05) is 12.1 Å². The summed E-state index contributed by atoms with van der Waals surface area (Å²) < 4.78 is 0. The van der Waals surface area contributed by atoms with E-state index >= 15 is 0 Å². The highest BCUT2D eigenvalue weighted by Crippen LogP contribution is 2.30. The van der Waals surface area contributed by atoms with Gasteiger partial charge in [0, 0.05) is 63.0 Å². The molecule has 4 N–H and O–H groups in total. The fourth-order valence-corrected chi connectivity index (χ4v) is 4.15. The maximum Gasteiger partial charge on any atom is 0.227 e. The van der Waals surface area contributed by atoms with Crippen LogP contribution in [0.3, 0.4) is 0 Å². The van der Waals surface area contributed by atoms with Crippen LogP contribution in [0.25, 0.3) is 0 Å². The van der Waals surface area contributed by atoms with Crippen molar-refractivity contribution in [2.24, 2.45) is 5.92 Å². The molecule has 0 spiro atoms. The molecule has 1 saturated carbocycles. The van der Waals surface area contributed by atoms with Crippen LogP contribution in [0, 0.1) is 5.92 Å². The van der Waals surface area contributed by atoms with E-state index < -0.39 is 0 Å². The van der Waals surface area contributed by atoms with Gasteiger partial charge in [-0.2, -0.15) is 0 Å². The third-order valence-corrected chi connectivity index (χ3v) is 6.26. The number of hydrogen-bond donors (Lipinski definition) is 4. The summed E-state index contributed by atoms with van der Waals surface area (Å²) in [6.07, 6.45) is 4.45. The molecule has 1 aliphatic carbocycles. The molecule has 0 unspecified atom stereocenters. The first kappa shape index (κ1) is 22.4. The third-order valence-electron chi connectivity index (χ3n) is 6.26. The van der Waals surface area contributed by atoms with Crippen molar-refractivity contribution in [3.05, 3.63) is 60.0 Å². The summed E-state index contributed by atoms with van der Waals surface area (Å²) >= 11 is 0. The molecule has 9 nitrogen and oxygen atoms in total. The molecule has 1 saturated heterocycles. The molecule has 0 radical (unpaired) electrons. The van der Waals surface area contributed by atoms with E-state index in [1.54, 1.807) is 0 Å². The van der Waals surface area contributed by atoms with Crippen molar-refractivity contribution in [1.82, 2.24) is 19.9 Å². The van der Waals surface area contributed by atoms with Crippen LogP contribution in [0.4, 0.5) is 23.1 Å². The fourth-order valence-electron chi connectivity index (χ4n) is 4.15. The van der Waals surface area contributed by atoms with Crippen LogP contribution in [0.5, 0.6) is 0 Å². The Morgan fingerprint density at radius 2 is 1.88 bits per heavy atom. The van der Waals surface area contributed by atoms with Gasteiger partial charge >= 0.3 is 0 Å². The van der Waals surface area contributed by atoms with Crippen LogP contribution in [0.2, 0.25) is 0 Å². The van der Waals surface area contributed by atoms with Crippen LogP contribution in [-0.4, -0.2) is 70.2 Å². The third kappa shape index (κ3) is 5.73. The number of hydrogen-bond acceptors (Lipinski definition) is 7. The van der Waals surface area contributed by atoms with Crippen LogP contribution in [0.15, 0.2) is 48.7 Å². The van der Waals surface area contributed by atoms with Gasteiger partial charge in [-0.3, -0.25) is 9.69 Å². The van der Waals surface area contributed by atoms with E-state index in [4.69, 9.17) is 9.97 Å². The predicted molar refractivity (Wildman–Crippen MR) is 132 cm³/mol. The Morgan fingerprint density at radius 3 is 2.56 bits per heavy atom. The van der Waals surface area contributed by atoms with E-state index in [2.05, 4.69) is 25.4 Å². The average Bonchev–Trinajstić information content (AvgIpc) is 3.58. The average molecular weight is 462 g/mol. The van der Waals surface area contributed by atoms with Gasteiger partial charge in [-0.25, -0.2) is 9.97 Å². The molecule has 178 valence electrons. The summed E-state index contributed by atoms with van der Waals surface area (Å²) in [6.45, 7) is 4.40.